The normalized spacial score (nSPS) is 17.0. The van der Waals surface area contributed by atoms with Crippen molar-refractivity contribution in [1.82, 2.24) is 4.90 Å². The smallest absolute Gasteiger partial charge is 0.322 e. The first-order chi connectivity index (χ1) is 12.1. The second-order valence-electron chi connectivity index (χ2n) is 5.60. The number of carbonyl (C=O) groups is 1. The van der Waals surface area contributed by atoms with Crippen LogP contribution in [-0.4, -0.2) is 30.6 Å². The molecule has 128 valence electrons. The van der Waals surface area contributed by atoms with Crippen LogP contribution < -0.4 is 5.32 Å². The first-order valence-electron chi connectivity index (χ1n) is 7.69. The number of nitrogens with one attached hydrogen (secondary N) is 1. The highest BCUT2D eigenvalue weighted by atomic mass is 19.2. The minimum Gasteiger partial charge on any atom is -0.370 e. The molecule has 5 nitrogen and oxygen atoms in total. The number of morpholine rings is 1. The first kappa shape index (κ1) is 16.9. The number of amides is 2. The van der Waals surface area contributed by atoms with E-state index in [9.17, 15) is 13.6 Å². The van der Waals surface area contributed by atoms with Crippen LogP contribution in [0, 0.1) is 23.0 Å². The van der Waals surface area contributed by atoms with Gasteiger partial charge in [0.25, 0.3) is 0 Å². The molecule has 1 aliphatic rings. The van der Waals surface area contributed by atoms with Crippen molar-refractivity contribution < 1.29 is 18.3 Å². The monoisotopic (exact) mass is 343 g/mol. The number of hydrogen-bond acceptors (Lipinski definition) is 3. The van der Waals surface area contributed by atoms with Gasteiger partial charge in [-0.1, -0.05) is 12.1 Å². The molecule has 1 N–H and O–H groups in total. The number of rotatable bonds is 2. The van der Waals surface area contributed by atoms with Crippen LogP contribution in [0.25, 0.3) is 0 Å². The molecule has 7 heteroatoms. The van der Waals surface area contributed by atoms with Gasteiger partial charge in [-0.25, -0.2) is 13.6 Å². The number of anilines is 1. The van der Waals surface area contributed by atoms with E-state index >= 15 is 0 Å². The molecule has 1 atom stereocenters. The number of nitrogens with zero attached hydrogens (tertiary/aromatic N) is 2. The Morgan fingerprint density at radius 3 is 2.84 bits per heavy atom. The Hall–Kier alpha value is -2.98. The summed E-state index contributed by atoms with van der Waals surface area (Å²) < 4.78 is 32.0. The fourth-order valence-corrected chi connectivity index (χ4v) is 2.62. The molecule has 25 heavy (non-hydrogen) atoms. The van der Waals surface area contributed by atoms with E-state index in [1.807, 2.05) is 6.07 Å². The zero-order valence-corrected chi connectivity index (χ0v) is 13.2. The highest BCUT2D eigenvalue weighted by molar-refractivity contribution is 5.89. The summed E-state index contributed by atoms with van der Waals surface area (Å²) in [6.07, 6.45) is -0.528. The molecule has 0 spiro atoms. The number of carbonyl (C=O) groups excluding carboxylic acids is 1. The minimum absolute atomic E-state index is 0.217. The summed E-state index contributed by atoms with van der Waals surface area (Å²) >= 11 is 0. The van der Waals surface area contributed by atoms with Crippen molar-refractivity contribution in [3.05, 3.63) is 65.2 Å². The number of ether oxygens (including phenoxy) is 1. The molecule has 1 saturated heterocycles. The number of halogens is 2. The van der Waals surface area contributed by atoms with Crippen LogP contribution >= 0.6 is 0 Å². The van der Waals surface area contributed by atoms with E-state index < -0.39 is 17.7 Å². The molecule has 2 amide bonds. The lowest BCUT2D eigenvalue weighted by atomic mass is 10.1. The van der Waals surface area contributed by atoms with E-state index in [2.05, 4.69) is 5.32 Å². The van der Waals surface area contributed by atoms with Gasteiger partial charge in [0.05, 0.1) is 24.8 Å². The van der Waals surface area contributed by atoms with E-state index in [0.29, 0.717) is 23.4 Å². The van der Waals surface area contributed by atoms with Crippen LogP contribution in [0.4, 0.5) is 19.3 Å². The van der Waals surface area contributed by atoms with Crippen LogP contribution in [0.3, 0.4) is 0 Å². The predicted molar refractivity (Wildman–Crippen MR) is 86.8 cm³/mol. The van der Waals surface area contributed by atoms with E-state index in [1.54, 1.807) is 24.3 Å². The van der Waals surface area contributed by atoms with Crippen LogP contribution in [0.1, 0.15) is 17.2 Å². The van der Waals surface area contributed by atoms with E-state index in [4.69, 9.17) is 10.00 Å². The summed E-state index contributed by atoms with van der Waals surface area (Å²) in [6, 6.07) is 11.8. The summed E-state index contributed by atoms with van der Waals surface area (Å²) in [7, 11) is 0. The molecular formula is C18H15F2N3O2. The molecule has 0 aliphatic carbocycles. The van der Waals surface area contributed by atoms with Gasteiger partial charge in [-0.2, -0.15) is 5.26 Å². The number of nitriles is 1. The van der Waals surface area contributed by atoms with Gasteiger partial charge in [0.2, 0.25) is 0 Å². The standard InChI is InChI=1S/C18H15F2N3O2/c19-15-5-4-13(9-16(15)20)17-11-23(6-7-25-17)18(24)22-14-3-1-2-12(8-14)10-21/h1-5,8-9,17H,6-7,11H2,(H,22,24). The Balaban J connectivity index is 1.69. The van der Waals surface area contributed by atoms with Gasteiger partial charge in [-0.3, -0.25) is 0 Å². The molecule has 3 rings (SSSR count). The maximum absolute atomic E-state index is 13.4. The second-order valence-corrected chi connectivity index (χ2v) is 5.60. The average Bonchev–Trinajstić information content (AvgIpc) is 2.64. The van der Waals surface area contributed by atoms with Crippen LogP contribution in [-0.2, 0) is 4.74 Å². The molecule has 2 aromatic rings. The fraction of sp³-hybridized carbons (Fsp3) is 0.222. The molecular weight excluding hydrogens is 328 g/mol. The van der Waals surface area contributed by atoms with Crippen molar-refractivity contribution in [2.24, 2.45) is 0 Å². The summed E-state index contributed by atoms with van der Waals surface area (Å²) in [4.78, 5) is 13.9. The molecule has 0 saturated carbocycles. The maximum Gasteiger partial charge on any atom is 0.322 e. The summed E-state index contributed by atoms with van der Waals surface area (Å²) in [5.41, 5.74) is 1.43. The zero-order valence-electron chi connectivity index (χ0n) is 13.2. The molecule has 1 aliphatic heterocycles. The lowest BCUT2D eigenvalue weighted by molar-refractivity contribution is -0.0136. The number of urea groups is 1. The molecule has 0 radical (unpaired) electrons. The highest BCUT2D eigenvalue weighted by Gasteiger charge is 2.26. The van der Waals surface area contributed by atoms with Gasteiger partial charge < -0.3 is 15.0 Å². The Morgan fingerprint density at radius 1 is 1.24 bits per heavy atom. The molecule has 1 fully saturated rings. The second kappa shape index (κ2) is 7.28. The topological polar surface area (TPSA) is 65.4 Å². The van der Waals surface area contributed by atoms with Crippen molar-refractivity contribution in [2.45, 2.75) is 6.10 Å². The largest absolute Gasteiger partial charge is 0.370 e. The Morgan fingerprint density at radius 2 is 2.08 bits per heavy atom. The number of hydrogen-bond donors (Lipinski definition) is 1. The van der Waals surface area contributed by atoms with Crippen molar-refractivity contribution in [3.63, 3.8) is 0 Å². The molecule has 0 bridgehead atoms. The van der Waals surface area contributed by atoms with Gasteiger partial charge >= 0.3 is 6.03 Å². The third-order valence-corrected chi connectivity index (χ3v) is 3.91. The van der Waals surface area contributed by atoms with Gasteiger partial charge in [-0.05, 0) is 35.9 Å². The van der Waals surface area contributed by atoms with E-state index in [1.165, 1.54) is 11.0 Å². The molecule has 2 aromatic carbocycles. The van der Waals surface area contributed by atoms with Crippen molar-refractivity contribution in [1.29, 1.82) is 5.26 Å². The Bertz CT molecular complexity index is 835. The van der Waals surface area contributed by atoms with Crippen molar-refractivity contribution in [2.75, 3.05) is 25.0 Å². The quantitative estimate of drug-likeness (QED) is 0.908. The predicted octanol–water partition coefficient (Wildman–Crippen LogP) is 3.44. The third kappa shape index (κ3) is 3.92. The van der Waals surface area contributed by atoms with Gasteiger partial charge in [0, 0.05) is 12.2 Å². The third-order valence-electron chi connectivity index (χ3n) is 3.91. The lowest BCUT2D eigenvalue weighted by Gasteiger charge is -2.33. The highest BCUT2D eigenvalue weighted by Crippen LogP contribution is 2.24. The van der Waals surface area contributed by atoms with Gasteiger partial charge in [-0.15, -0.1) is 0 Å². The molecule has 1 heterocycles. The maximum atomic E-state index is 13.4. The van der Waals surface area contributed by atoms with E-state index in [-0.39, 0.29) is 19.2 Å². The Kier molecular flexibility index (Phi) is 4.91. The van der Waals surface area contributed by atoms with E-state index in [0.717, 1.165) is 12.1 Å². The summed E-state index contributed by atoms with van der Waals surface area (Å²) in [5.74, 6) is -1.87. The first-order valence-corrected chi connectivity index (χ1v) is 7.69. The van der Waals surface area contributed by atoms with Crippen LogP contribution in [0.5, 0.6) is 0 Å². The van der Waals surface area contributed by atoms with Crippen molar-refractivity contribution in [3.8, 4) is 6.07 Å². The fourth-order valence-electron chi connectivity index (χ4n) is 2.62. The minimum atomic E-state index is -0.948. The Labute approximate surface area is 143 Å². The molecule has 0 aromatic heterocycles. The van der Waals surface area contributed by atoms with Gasteiger partial charge in [0.1, 0.15) is 6.10 Å². The number of benzene rings is 2. The van der Waals surface area contributed by atoms with Crippen molar-refractivity contribution >= 4 is 11.7 Å². The van der Waals surface area contributed by atoms with Crippen LogP contribution in [0.2, 0.25) is 0 Å². The SMILES string of the molecule is N#Cc1cccc(NC(=O)N2CCOC(c3ccc(F)c(F)c3)C2)c1. The van der Waals surface area contributed by atoms with Gasteiger partial charge in [0.15, 0.2) is 11.6 Å². The summed E-state index contributed by atoms with van der Waals surface area (Å²) in [5, 5.41) is 11.6. The zero-order chi connectivity index (χ0) is 17.8. The summed E-state index contributed by atoms with van der Waals surface area (Å²) in [6.45, 7) is 0.883. The molecule has 1 unspecified atom stereocenters. The lowest BCUT2D eigenvalue weighted by Crippen LogP contribution is -2.44. The van der Waals surface area contributed by atoms with Crippen LogP contribution in [0.15, 0.2) is 42.5 Å². The average molecular weight is 343 g/mol.